The Morgan fingerprint density at radius 3 is 3.23 bits per heavy atom. The summed E-state index contributed by atoms with van der Waals surface area (Å²) in [5, 5.41) is 15.7. The van der Waals surface area contributed by atoms with Gasteiger partial charge in [0.1, 0.15) is 6.04 Å². The van der Waals surface area contributed by atoms with Crippen LogP contribution in [0.1, 0.15) is 23.1 Å². The number of carbonyl (C=O) groups excluding carboxylic acids is 1. The SMILES string of the molecule is CN1CCc2cc(C[C@H](C#N)NC(=O)[C@@H]3CNCCCOC3)ccc2C1. The van der Waals surface area contributed by atoms with E-state index in [1.54, 1.807) is 0 Å². The lowest BCUT2D eigenvalue weighted by atomic mass is 9.95. The second-order valence-electron chi connectivity index (χ2n) is 7.31. The van der Waals surface area contributed by atoms with Crippen molar-refractivity contribution >= 4 is 5.91 Å². The van der Waals surface area contributed by atoms with Gasteiger partial charge in [-0.3, -0.25) is 4.79 Å². The Labute approximate surface area is 155 Å². The van der Waals surface area contributed by atoms with Crippen molar-refractivity contribution in [2.24, 2.45) is 5.92 Å². The molecule has 0 spiro atoms. The van der Waals surface area contributed by atoms with Crippen LogP contribution < -0.4 is 10.6 Å². The smallest absolute Gasteiger partial charge is 0.227 e. The highest BCUT2D eigenvalue weighted by Crippen LogP contribution is 2.20. The largest absolute Gasteiger partial charge is 0.381 e. The van der Waals surface area contributed by atoms with Gasteiger partial charge < -0.3 is 20.3 Å². The van der Waals surface area contributed by atoms with Gasteiger partial charge in [0.25, 0.3) is 0 Å². The first-order valence-electron chi connectivity index (χ1n) is 9.43. The Morgan fingerprint density at radius 2 is 2.38 bits per heavy atom. The quantitative estimate of drug-likeness (QED) is 0.836. The van der Waals surface area contributed by atoms with Crippen LogP contribution in [0, 0.1) is 17.2 Å². The number of benzene rings is 1. The lowest BCUT2D eigenvalue weighted by Crippen LogP contribution is -2.45. The molecule has 6 nitrogen and oxygen atoms in total. The van der Waals surface area contributed by atoms with Crippen LogP contribution in [0.5, 0.6) is 0 Å². The minimum atomic E-state index is -0.516. The molecular weight excluding hydrogens is 328 g/mol. The molecule has 0 aliphatic carbocycles. The fraction of sp³-hybridized carbons (Fsp3) is 0.600. The zero-order chi connectivity index (χ0) is 18.4. The summed E-state index contributed by atoms with van der Waals surface area (Å²) in [6.45, 7) is 4.56. The lowest BCUT2D eigenvalue weighted by Gasteiger charge is -2.25. The number of nitriles is 1. The van der Waals surface area contributed by atoms with Gasteiger partial charge in [0.2, 0.25) is 5.91 Å². The van der Waals surface area contributed by atoms with Crippen molar-refractivity contribution in [2.45, 2.75) is 31.8 Å². The van der Waals surface area contributed by atoms with Crippen LogP contribution >= 0.6 is 0 Å². The minimum Gasteiger partial charge on any atom is -0.381 e. The highest BCUT2D eigenvalue weighted by molar-refractivity contribution is 5.79. The Balaban J connectivity index is 1.59. The number of nitrogens with zero attached hydrogens (tertiary/aromatic N) is 2. The molecule has 26 heavy (non-hydrogen) atoms. The first-order valence-corrected chi connectivity index (χ1v) is 9.43. The topological polar surface area (TPSA) is 77.4 Å². The van der Waals surface area contributed by atoms with Gasteiger partial charge in [-0.05, 0) is 43.1 Å². The number of hydrogen-bond donors (Lipinski definition) is 2. The van der Waals surface area contributed by atoms with E-state index in [2.05, 4.69) is 46.8 Å². The molecule has 0 aromatic heterocycles. The summed E-state index contributed by atoms with van der Waals surface area (Å²) in [5.41, 5.74) is 3.83. The van der Waals surface area contributed by atoms with E-state index in [0.29, 0.717) is 26.2 Å². The third kappa shape index (κ3) is 5.04. The number of nitrogens with one attached hydrogen (secondary N) is 2. The van der Waals surface area contributed by atoms with E-state index in [1.807, 2.05) is 0 Å². The van der Waals surface area contributed by atoms with Crippen molar-refractivity contribution in [1.82, 2.24) is 15.5 Å². The van der Waals surface area contributed by atoms with Crippen LogP contribution in [0.4, 0.5) is 0 Å². The summed E-state index contributed by atoms with van der Waals surface area (Å²) in [4.78, 5) is 14.8. The molecule has 2 aliphatic heterocycles. The van der Waals surface area contributed by atoms with Gasteiger partial charge in [0.05, 0.1) is 18.6 Å². The van der Waals surface area contributed by atoms with Gasteiger partial charge in [-0.1, -0.05) is 18.2 Å². The van der Waals surface area contributed by atoms with E-state index < -0.39 is 6.04 Å². The molecule has 1 fully saturated rings. The normalized spacial score (nSPS) is 22.4. The first kappa shape index (κ1) is 18.8. The molecule has 3 rings (SSSR count). The molecule has 0 unspecified atom stereocenters. The van der Waals surface area contributed by atoms with Crippen LogP contribution in [0.25, 0.3) is 0 Å². The van der Waals surface area contributed by atoms with Gasteiger partial charge in [-0.2, -0.15) is 5.26 Å². The second-order valence-corrected chi connectivity index (χ2v) is 7.31. The summed E-state index contributed by atoms with van der Waals surface area (Å²) < 4.78 is 5.52. The molecule has 2 atom stereocenters. The summed E-state index contributed by atoms with van der Waals surface area (Å²) in [6.07, 6.45) is 2.53. The number of fused-ring (bicyclic) bond motifs is 1. The van der Waals surface area contributed by atoms with E-state index >= 15 is 0 Å². The van der Waals surface area contributed by atoms with Crippen LogP contribution in [0.3, 0.4) is 0 Å². The van der Waals surface area contributed by atoms with E-state index in [-0.39, 0.29) is 11.8 Å². The van der Waals surface area contributed by atoms with E-state index in [0.717, 1.165) is 38.0 Å². The van der Waals surface area contributed by atoms with Crippen molar-refractivity contribution in [2.75, 3.05) is 39.9 Å². The predicted molar refractivity (Wildman–Crippen MR) is 99.5 cm³/mol. The van der Waals surface area contributed by atoms with E-state index in [1.165, 1.54) is 11.1 Å². The van der Waals surface area contributed by atoms with Crippen molar-refractivity contribution in [3.8, 4) is 6.07 Å². The fourth-order valence-electron chi connectivity index (χ4n) is 3.56. The number of amides is 1. The van der Waals surface area contributed by atoms with Gasteiger partial charge in [0.15, 0.2) is 0 Å². The minimum absolute atomic E-state index is 0.106. The molecule has 1 aromatic rings. The number of hydrogen-bond acceptors (Lipinski definition) is 5. The zero-order valence-electron chi connectivity index (χ0n) is 15.5. The van der Waals surface area contributed by atoms with Crippen molar-refractivity contribution in [3.63, 3.8) is 0 Å². The van der Waals surface area contributed by atoms with Crippen LogP contribution in [-0.4, -0.2) is 56.7 Å². The Morgan fingerprint density at radius 1 is 1.50 bits per heavy atom. The van der Waals surface area contributed by atoms with Gasteiger partial charge in [-0.25, -0.2) is 0 Å². The highest BCUT2D eigenvalue weighted by Gasteiger charge is 2.23. The maximum Gasteiger partial charge on any atom is 0.227 e. The summed E-state index contributed by atoms with van der Waals surface area (Å²) >= 11 is 0. The summed E-state index contributed by atoms with van der Waals surface area (Å²) in [7, 11) is 2.13. The second kappa shape index (κ2) is 9.13. The van der Waals surface area contributed by atoms with E-state index in [4.69, 9.17) is 4.74 Å². The average molecular weight is 356 g/mol. The van der Waals surface area contributed by atoms with Gasteiger partial charge in [-0.15, -0.1) is 0 Å². The summed E-state index contributed by atoms with van der Waals surface area (Å²) in [6, 6.07) is 8.15. The Bertz CT molecular complexity index is 662. The number of carbonyl (C=O) groups is 1. The monoisotopic (exact) mass is 356 g/mol. The molecule has 0 saturated carbocycles. The molecule has 2 heterocycles. The van der Waals surface area contributed by atoms with Crippen molar-refractivity contribution in [3.05, 3.63) is 34.9 Å². The Hall–Kier alpha value is -1.94. The summed E-state index contributed by atoms with van der Waals surface area (Å²) in [5.74, 6) is -0.351. The van der Waals surface area contributed by atoms with Crippen molar-refractivity contribution in [1.29, 1.82) is 5.26 Å². The van der Waals surface area contributed by atoms with Crippen LogP contribution in [-0.2, 0) is 28.9 Å². The standard InChI is InChI=1S/C20H28N4O2/c1-24-7-5-16-9-15(3-4-17(16)13-24)10-19(11-21)23-20(25)18-12-22-6-2-8-26-14-18/h3-4,9,18-19,22H,2,5-8,10,12-14H2,1H3,(H,23,25)/t18-,19-/m1/s1. The lowest BCUT2D eigenvalue weighted by molar-refractivity contribution is -0.127. The van der Waals surface area contributed by atoms with Gasteiger partial charge in [0, 0.05) is 32.7 Å². The number of likely N-dealkylation sites (N-methyl/N-ethyl adjacent to an activating group) is 1. The molecular formula is C20H28N4O2. The van der Waals surface area contributed by atoms with Crippen molar-refractivity contribution < 1.29 is 9.53 Å². The molecule has 1 amide bonds. The fourth-order valence-corrected chi connectivity index (χ4v) is 3.56. The molecule has 140 valence electrons. The highest BCUT2D eigenvalue weighted by atomic mass is 16.5. The molecule has 0 bridgehead atoms. The number of ether oxygens (including phenoxy) is 1. The average Bonchev–Trinajstić information content (AvgIpc) is 2.60. The molecule has 2 N–H and O–H groups in total. The molecule has 1 aromatic carbocycles. The molecule has 6 heteroatoms. The number of rotatable bonds is 4. The van der Waals surface area contributed by atoms with Gasteiger partial charge >= 0.3 is 0 Å². The molecule has 1 saturated heterocycles. The van der Waals surface area contributed by atoms with E-state index in [9.17, 15) is 10.1 Å². The third-order valence-electron chi connectivity index (χ3n) is 5.11. The predicted octanol–water partition coefficient (Wildman–Crippen LogP) is 0.851. The molecule has 2 aliphatic rings. The zero-order valence-corrected chi connectivity index (χ0v) is 15.5. The maximum absolute atomic E-state index is 12.5. The third-order valence-corrected chi connectivity index (χ3v) is 5.11. The van der Waals surface area contributed by atoms with Crippen LogP contribution in [0.2, 0.25) is 0 Å². The first-order chi connectivity index (χ1) is 12.7. The Kier molecular flexibility index (Phi) is 6.62. The van der Waals surface area contributed by atoms with Crippen LogP contribution in [0.15, 0.2) is 18.2 Å². The molecule has 0 radical (unpaired) electrons. The maximum atomic E-state index is 12.5.